The number of rotatable bonds is 4. The monoisotopic (exact) mass is 455 g/mol. The van der Waals surface area contributed by atoms with Gasteiger partial charge in [-0.3, -0.25) is 9.59 Å². The number of benzene rings is 2. The molecule has 2 aliphatic rings. The molecule has 0 bridgehead atoms. The van der Waals surface area contributed by atoms with Crippen LogP contribution in [-0.4, -0.2) is 43.7 Å². The Bertz CT molecular complexity index is 1140. The van der Waals surface area contributed by atoms with E-state index in [0.29, 0.717) is 31.5 Å². The first kappa shape index (κ1) is 22.5. The molecule has 8 heteroatoms. The molecule has 4 rings (SSSR count). The second-order valence-corrected chi connectivity index (χ2v) is 10.7. The van der Waals surface area contributed by atoms with Crippen molar-refractivity contribution in [1.82, 2.24) is 4.31 Å². The zero-order valence-electron chi connectivity index (χ0n) is 18.7. The Morgan fingerprint density at radius 3 is 2.50 bits per heavy atom. The van der Waals surface area contributed by atoms with Gasteiger partial charge in [-0.1, -0.05) is 17.7 Å². The highest BCUT2D eigenvalue weighted by molar-refractivity contribution is 7.89. The van der Waals surface area contributed by atoms with Gasteiger partial charge in [-0.15, -0.1) is 0 Å². The lowest BCUT2D eigenvalue weighted by Gasteiger charge is -2.31. The minimum absolute atomic E-state index is 0.00490. The third-order valence-electron chi connectivity index (χ3n) is 6.32. The summed E-state index contributed by atoms with van der Waals surface area (Å²) in [6.07, 6.45) is 1.91. The predicted molar refractivity (Wildman–Crippen MR) is 124 cm³/mol. The summed E-state index contributed by atoms with van der Waals surface area (Å²) in [5.74, 6) is -0.610. The lowest BCUT2D eigenvalue weighted by atomic mass is 9.98. The summed E-state index contributed by atoms with van der Waals surface area (Å²) in [7, 11) is -3.73. The topological polar surface area (TPSA) is 86.8 Å². The number of nitrogens with one attached hydrogen (secondary N) is 1. The van der Waals surface area contributed by atoms with Crippen LogP contribution in [0.5, 0.6) is 0 Å². The van der Waals surface area contributed by atoms with Crippen LogP contribution in [0.25, 0.3) is 0 Å². The SMILES string of the molecule is CC(=O)N1c2ccc(S(=O)(=O)N3CCC[C@H](C(=O)Nc4ccc(C)cc4)C3)cc2C[C@H]1C. The highest BCUT2D eigenvalue weighted by Crippen LogP contribution is 2.35. The first-order valence-corrected chi connectivity index (χ1v) is 12.4. The van der Waals surface area contributed by atoms with Crippen LogP contribution >= 0.6 is 0 Å². The van der Waals surface area contributed by atoms with E-state index in [1.807, 2.05) is 38.1 Å². The van der Waals surface area contributed by atoms with E-state index in [-0.39, 0.29) is 29.3 Å². The molecule has 2 aliphatic heterocycles. The van der Waals surface area contributed by atoms with E-state index in [2.05, 4.69) is 5.32 Å². The lowest BCUT2D eigenvalue weighted by molar-refractivity contribution is -0.121. The van der Waals surface area contributed by atoms with E-state index in [9.17, 15) is 18.0 Å². The number of sulfonamides is 1. The van der Waals surface area contributed by atoms with Crippen LogP contribution in [0.4, 0.5) is 11.4 Å². The molecule has 32 heavy (non-hydrogen) atoms. The molecule has 2 atom stereocenters. The minimum atomic E-state index is -3.73. The lowest BCUT2D eigenvalue weighted by Crippen LogP contribution is -2.43. The van der Waals surface area contributed by atoms with E-state index in [1.165, 1.54) is 11.2 Å². The number of carbonyl (C=O) groups excluding carboxylic acids is 2. The number of fused-ring (bicyclic) bond motifs is 1. The van der Waals surface area contributed by atoms with Crippen LogP contribution in [0.2, 0.25) is 0 Å². The number of aryl methyl sites for hydroxylation is 1. The second-order valence-electron chi connectivity index (χ2n) is 8.79. The Morgan fingerprint density at radius 1 is 1.09 bits per heavy atom. The van der Waals surface area contributed by atoms with Gasteiger partial charge < -0.3 is 10.2 Å². The standard InChI is InChI=1S/C24H29N3O4S/c1-16-6-8-21(9-7-16)25-24(29)19-5-4-12-26(15-19)32(30,31)22-10-11-23-20(14-22)13-17(2)27(23)18(3)28/h6-11,14,17,19H,4-5,12-13,15H2,1-3H3,(H,25,29)/t17-,19+/m1/s1. The van der Waals surface area contributed by atoms with Crippen LogP contribution in [0.15, 0.2) is 47.4 Å². The summed E-state index contributed by atoms with van der Waals surface area (Å²) in [6, 6.07) is 12.5. The van der Waals surface area contributed by atoms with E-state index >= 15 is 0 Å². The van der Waals surface area contributed by atoms with Gasteiger partial charge in [-0.2, -0.15) is 4.31 Å². The van der Waals surface area contributed by atoms with Crippen molar-refractivity contribution in [2.75, 3.05) is 23.3 Å². The number of amides is 2. The molecule has 1 N–H and O–H groups in total. The van der Waals surface area contributed by atoms with Gasteiger partial charge in [0, 0.05) is 37.4 Å². The summed E-state index contributed by atoms with van der Waals surface area (Å²) < 4.78 is 28.1. The zero-order valence-corrected chi connectivity index (χ0v) is 19.5. The molecule has 0 saturated carbocycles. The van der Waals surface area contributed by atoms with Crippen LogP contribution in [-0.2, 0) is 26.0 Å². The van der Waals surface area contributed by atoms with Crippen molar-refractivity contribution in [1.29, 1.82) is 0 Å². The quantitative estimate of drug-likeness (QED) is 0.766. The maximum absolute atomic E-state index is 13.4. The smallest absolute Gasteiger partial charge is 0.243 e. The zero-order chi connectivity index (χ0) is 23.0. The van der Waals surface area contributed by atoms with Crippen LogP contribution in [0.3, 0.4) is 0 Å². The van der Waals surface area contributed by atoms with Crippen molar-refractivity contribution in [2.24, 2.45) is 5.92 Å². The maximum atomic E-state index is 13.4. The third kappa shape index (κ3) is 4.29. The molecule has 0 aliphatic carbocycles. The summed E-state index contributed by atoms with van der Waals surface area (Å²) in [6.45, 7) is 6.01. The Morgan fingerprint density at radius 2 is 1.81 bits per heavy atom. The number of anilines is 2. The predicted octanol–water partition coefficient (Wildman–Crippen LogP) is 3.33. The molecule has 2 amide bonds. The van der Waals surface area contributed by atoms with Crippen molar-refractivity contribution in [3.8, 4) is 0 Å². The molecule has 2 aromatic rings. The molecule has 0 aromatic heterocycles. The molecule has 170 valence electrons. The van der Waals surface area contributed by atoms with Crippen LogP contribution in [0, 0.1) is 12.8 Å². The van der Waals surface area contributed by atoms with Crippen LogP contribution < -0.4 is 10.2 Å². The number of piperidine rings is 1. The molecule has 2 heterocycles. The number of hydrogen-bond acceptors (Lipinski definition) is 4. The summed E-state index contributed by atoms with van der Waals surface area (Å²) in [5, 5.41) is 2.91. The average Bonchev–Trinajstić information content (AvgIpc) is 3.10. The summed E-state index contributed by atoms with van der Waals surface area (Å²) in [5.41, 5.74) is 3.45. The Labute approximate surface area is 189 Å². The van der Waals surface area contributed by atoms with Crippen molar-refractivity contribution in [3.63, 3.8) is 0 Å². The Balaban J connectivity index is 1.50. The molecule has 0 radical (unpaired) electrons. The van der Waals surface area contributed by atoms with E-state index in [4.69, 9.17) is 0 Å². The van der Waals surface area contributed by atoms with E-state index < -0.39 is 15.9 Å². The summed E-state index contributed by atoms with van der Waals surface area (Å²) in [4.78, 5) is 26.7. The van der Waals surface area contributed by atoms with Crippen molar-refractivity contribution in [2.45, 2.75) is 51.0 Å². The number of carbonyl (C=O) groups is 2. The van der Waals surface area contributed by atoms with Crippen molar-refractivity contribution in [3.05, 3.63) is 53.6 Å². The van der Waals surface area contributed by atoms with E-state index in [0.717, 1.165) is 16.8 Å². The Hall–Kier alpha value is -2.71. The van der Waals surface area contributed by atoms with Gasteiger partial charge in [-0.25, -0.2) is 8.42 Å². The minimum Gasteiger partial charge on any atom is -0.326 e. The number of hydrogen-bond donors (Lipinski definition) is 1. The molecular weight excluding hydrogens is 426 g/mol. The van der Waals surface area contributed by atoms with Gasteiger partial charge in [-0.05, 0) is 69.0 Å². The van der Waals surface area contributed by atoms with Crippen LogP contribution in [0.1, 0.15) is 37.8 Å². The third-order valence-corrected chi connectivity index (χ3v) is 8.18. The van der Waals surface area contributed by atoms with Gasteiger partial charge >= 0.3 is 0 Å². The van der Waals surface area contributed by atoms with Gasteiger partial charge in [0.25, 0.3) is 0 Å². The van der Waals surface area contributed by atoms with Crippen molar-refractivity contribution < 1.29 is 18.0 Å². The Kier molecular flexibility index (Phi) is 6.09. The fourth-order valence-corrected chi connectivity index (χ4v) is 6.23. The molecule has 2 aromatic carbocycles. The first-order chi connectivity index (χ1) is 15.2. The largest absolute Gasteiger partial charge is 0.326 e. The normalized spacial score (nSPS) is 21.3. The van der Waals surface area contributed by atoms with Crippen molar-refractivity contribution >= 4 is 33.2 Å². The molecule has 7 nitrogen and oxygen atoms in total. The summed E-state index contributed by atoms with van der Waals surface area (Å²) >= 11 is 0. The first-order valence-electron chi connectivity index (χ1n) is 11.0. The van der Waals surface area contributed by atoms with Gasteiger partial charge in [0.1, 0.15) is 0 Å². The second kappa shape index (κ2) is 8.67. The fraction of sp³-hybridized carbons (Fsp3) is 0.417. The fourth-order valence-electron chi connectivity index (χ4n) is 4.65. The highest BCUT2D eigenvalue weighted by Gasteiger charge is 2.35. The highest BCUT2D eigenvalue weighted by atomic mass is 32.2. The maximum Gasteiger partial charge on any atom is 0.243 e. The van der Waals surface area contributed by atoms with Gasteiger partial charge in [0.05, 0.1) is 10.8 Å². The molecular formula is C24H29N3O4S. The van der Waals surface area contributed by atoms with E-state index in [1.54, 1.807) is 23.1 Å². The molecule has 1 saturated heterocycles. The van der Waals surface area contributed by atoms with Gasteiger partial charge in [0.2, 0.25) is 21.8 Å². The molecule has 0 unspecified atom stereocenters. The molecule has 0 spiro atoms. The molecule has 1 fully saturated rings. The van der Waals surface area contributed by atoms with Gasteiger partial charge in [0.15, 0.2) is 0 Å². The number of nitrogens with zero attached hydrogens (tertiary/aromatic N) is 2. The average molecular weight is 456 g/mol.